The van der Waals surface area contributed by atoms with Crippen molar-refractivity contribution < 1.29 is 24.6 Å². The van der Waals surface area contributed by atoms with Gasteiger partial charge in [0.2, 0.25) is 11.8 Å². The second kappa shape index (κ2) is 10.4. The van der Waals surface area contributed by atoms with Crippen molar-refractivity contribution in [2.45, 2.75) is 44.8 Å². The lowest BCUT2D eigenvalue weighted by Gasteiger charge is -2.24. The van der Waals surface area contributed by atoms with Crippen LogP contribution in [0.3, 0.4) is 0 Å². The minimum Gasteiger partial charge on any atom is -0.508 e. The average molecular weight is 417 g/mol. The highest BCUT2D eigenvalue weighted by atomic mass is 16.4. The Bertz CT molecular complexity index is 851. The van der Waals surface area contributed by atoms with E-state index in [0.717, 1.165) is 0 Å². The minimum absolute atomic E-state index is 0.00641. The highest BCUT2D eigenvalue weighted by Gasteiger charge is 2.29. The van der Waals surface area contributed by atoms with Gasteiger partial charge in [0.25, 0.3) is 0 Å². The number of aliphatic carboxylic acids is 1. The van der Waals surface area contributed by atoms with Crippen LogP contribution in [0.4, 0.5) is 0 Å². The molecule has 0 bridgehead atoms. The van der Waals surface area contributed by atoms with Crippen LogP contribution >= 0.6 is 0 Å². The molecule has 1 aromatic carbocycles. The van der Waals surface area contributed by atoms with Gasteiger partial charge in [0.15, 0.2) is 0 Å². The maximum atomic E-state index is 12.9. The molecule has 0 spiro atoms. The largest absolute Gasteiger partial charge is 0.508 e. The van der Waals surface area contributed by atoms with Gasteiger partial charge in [-0.3, -0.25) is 9.59 Å². The van der Waals surface area contributed by atoms with Crippen LogP contribution < -0.4 is 16.4 Å². The molecule has 2 amide bonds. The second-order valence-electron chi connectivity index (χ2n) is 7.38. The number of phenols is 1. The molecular formula is C20H27N5O5. The summed E-state index contributed by atoms with van der Waals surface area (Å²) in [6.07, 6.45) is 2.99. The fourth-order valence-electron chi connectivity index (χ4n) is 2.74. The number of nitrogens with one attached hydrogen (secondary N) is 3. The van der Waals surface area contributed by atoms with E-state index >= 15 is 0 Å². The number of aromatic amines is 1. The molecule has 10 heteroatoms. The van der Waals surface area contributed by atoms with E-state index in [9.17, 15) is 24.6 Å². The first-order valence-corrected chi connectivity index (χ1v) is 9.51. The standard InChI is InChI=1S/C20H27N5O5/c1-11(2)17(21)19(28)24-15(7-12-3-5-14(26)6-4-12)18(27)25-16(20(29)30)8-13-9-22-10-23-13/h3-6,9-11,15-17,26H,7-8,21H2,1-2H3,(H,22,23)(H,24,28)(H,25,27)(H,29,30). The summed E-state index contributed by atoms with van der Waals surface area (Å²) in [6, 6.07) is 3.08. The Morgan fingerprint density at radius 2 is 1.70 bits per heavy atom. The van der Waals surface area contributed by atoms with Crippen molar-refractivity contribution in [2.75, 3.05) is 0 Å². The number of aromatic hydroxyl groups is 1. The number of phenolic OH excluding ortho intramolecular Hbond substituents is 1. The lowest BCUT2D eigenvalue weighted by Crippen LogP contribution is -2.56. The van der Waals surface area contributed by atoms with E-state index in [0.29, 0.717) is 11.3 Å². The lowest BCUT2D eigenvalue weighted by molar-refractivity contribution is -0.142. The first-order valence-electron chi connectivity index (χ1n) is 9.51. The number of H-pyrrole nitrogens is 1. The molecule has 0 saturated carbocycles. The highest BCUT2D eigenvalue weighted by Crippen LogP contribution is 2.12. The Hall–Kier alpha value is -3.40. The summed E-state index contributed by atoms with van der Waals surface area (Å²) in [4.78, 5) is 43.6. The number of benzene rings is 1. The normalized spacial score (nSPS) is 14.0. The molecule has 0 radical (unpaired) electrons. The molecule has 3 atom stereocenters. The molecule has 0 aliphatic carbocycles. The van der Waals surface area contributed by atoms with Crippen molar-refractivity contribution in [1.82, 2.24) is 20.6 Å². The van der Waals surface area contributed by atoms with Crippen LogP contribution in [0.15, 0.2) is 36.8 Å². The number of nitrogens with two attached hydrogens (primary N) is 1. The fraction of sp³-hybridized carbons (Fsp3) is 0.400. The van der Waals surface area contributed by atoms with E-state index in [1.165, 1.54) is 24.7 Å². The molecule has 10 nitrogen and oxygen atoms in total. The van der Waals surface area contributed by atoms with Gasteiger partial charge in [-0.25, -0.2) is 9.78 Å². The number of hydrogen-bond acceptors (Lipinski definition) is 6. The Kier molecular flexibility index (Phi) is 7.93. The first kappa shape index (κ1) is 22.9. The van der Waals surface area contributed by atoms with Crippen molar-refractivity contribution in [1.29, 1.82) is 0 Å². The SMILES string of the molecule is CC(C)C(N)C(=O)NC(Cc1ccc(O)cc1)C(=O)NC(Cc1cnc[nH]1)C(=O)O. The fourth-order valence-corrected chi connectivity index (χ4v) is 2.74. The molecule has 30 heavy (non-hydrogen) atoms. The third kappa shape index (κ3) is 6.59. The number of carbonyl (C=O) groups is 3. The van der Waals surface area contributed by atoms with Crippen LogP contribution in [0.1, 0.15) is 25.1 Å². The highest BCUT2D eigenvalue weighted by molar-refractivity contribution is 5.92. The van der Waals surface area contributed by atoms with Crippen LogP contribution in [0.5, 0.6) is 5.75 Å². The van der Waals surface area contributed by atoms with Gasteiger partial charge < -0.3 is 31.6 Å². The number of hydrogen-bond donors (Lipinski definition) is 6. The summed E-state index contributed by atoms with van der Waals surface area (Å²) in [5.41, 5.74) is 7.10. The van der Waals surface area contributed by atoms with Gasteiger partial charge in [-0.2, -0.15) is 0 Å². The molecular weight excluding hydrogens is 390 g/mol. The quantitative estimate of drug-likeness (QED) is 0.314. The topological polar surface area (TPSA) is 170 Å². The summed E-state index contributed by atoms with van der Waals surface area (Å²) in [7, 11) is 0. The molecule has 2 aromatic rings. The number of amides is 2. The summed E-state index contributed by atoms with van der Waals surface area (Å²) in [5.74, 6) is -2.46. The van der Waals surface area contributed by atoms with Gasteiger partial charge in [-0.1, -0.05) is 26.0 Å². The van der Waals surface area contributed by atoms with Crippen molar-refractivity contribution in [3.8, 4) is 5.75 Å². The Morgan fingerprint density at radius 3 is 2.23 bits per heavy atom. The van der Waals surface area contributed by atoms with Gasteiger partial charge in [0, 0.05) is 24.7 Å². The summed E-state index contributed by atoms with van der Waals surface area (Å²) in [5, 5.41) is 24.0. The third-order valence-corrected chi connectivity index (χ3v) is 4.62. The van der Waals surface area contributed by atoms with E-state index in [2.05, 4.69) is 20.6 Å². The number of carboxylic acid groups (broad SMARTS) is 1. The predicted molar refractivity (Wildman–Crippen MR) is 108 cm³/mol. The third-order valence-electron chi connectivity index (χ3n) is 4.62. The molecule has 0 saturated heterocycles. The van der Waals surface area contributed by atoms with Crippen LogP contribution in [0.2, 0.25) is 0 Å². The molecule has 1 aromatic heterocycles. The smallest absolute Gasteiger partial charge is 0.326 e. The van der Waals surface area contributed by atoms with Gasteiger partial charge in [0.05, 0.1) is 12.4 Å². The Labute approximate surface area is 173 Å². The zero-order chi connectivity index (χ0) is 22.3. The van der Waals surface area contributed by atoms with Gasteiger partial charge >= 0.3 is 5.97 Å². The van der Waals surface area contributed by atoms with E-state index < -0.39 is 35.9 Å². The van der Waals surface area contributed by atoms with E-state index in [-0.39, 0.29) is 24.5 Å². The Morgan fingerprint density at radius 1 is 1.07 bits per heavy atom. The van der Waals surface area contributed by atoms with Gasteiger partial charge in [-0.05, 0) is 23.6 Å². The first-order chi connectivity index (χ1) is 14.2. The van der Waals surface area contributed by atoms with Crippen LogP contribution in [0.25, 0.3) is 0 Å². The van der Waals surface area contributed by atoms with E-state index in [4.69, 9.17) is 5.73 Å². The summed E-state index contributed by atoms with van der Waals surface area (Å²) < 4.78 is 0. The van der Waals surface area contributed by atoms with Crippen molar-refractivity contribution >= 4 is 17.8 Å². The number of aromatic nitrogens is 2. The maximum Gasteiger partial charge on any atom is 0.326 e. The number of imidazole rings is 1. The molecule has 1 heterocycles. The van der Waals surface area contributed by atoms with Crippen LogP contribution in [-0.2, 0) is 27.2 Å². The molecule has 0 aliphatic rings. The number of carbonyl (C=O) groups excluding carboxylic acids is 2. The Balaban J connectivity index is 2.17. The number of nitrogens with zero attached hydrogens (tertiary/aromatic N) is 1. The molecule has 2 rings (SSSR count). The minimum atomic E-state index is -1.22. The van der Waals surface area contributed by atoms with Gasteiger partial charge in [0.1, 0.15) is 17.8 Å². The summed E-state index contributed by atoms with van der Waals surface area (Å²) in [6.45, 7) is 3.56. The van der Waals surface area contributed by atoms with Crippen molar-refractivity contribution in [2.24, 2.45) is 11.7 Å². The lowest BCUT2D eigenvalue weighted by atomic mass is 10.0. The number of carboxylic acids is 1. The van der Waals surface area contributed by atoms with E-state index in [1.54, 1.807) is 26.0 Å². The molecule has 3 unspecified atom stereocenters. The number of rotatable bonds is 10. The van der Waals surface area contributed by atoms with Gasteiger partial charge in [-0.15, -0.1) is 0 Å². The molecule has 0 fully saturated rings. The average Bonchev–Trinajstić information content (AvgIpc) is 3.20. The zero-order valence-electron chi connectivity index (χ0n) is 16.8. The summed E-state index contributed by atoms with van der Waals surface area (Å²) >= 11 is 0. The van der Waals surface area contributed by atoms with Crippen molar-refractivity contribution in [3.05, 3.63) is 48.0 Å². The molecule has 0 aliphatic heterocycles. The second-order valence-corrected chi connectivity index (χ2v) is 7.38. The predicted octanol–water partition coefficient (Wildman–Crippen LogP) is -0.0620. The monoisotopic (exact) mass is 417 g/mol. The zero-order valence-corrected chi connectivity index (χ0v) is 16.8. The van der Waals surface area contributed by atoms with Crippen molar-refractivity contribution in [3.63, 3.8) is 0 Å². The van der Waals surface area contributed by atoms with Crippen LogP contribution in [-0.4, -0.2) is 56.1 Å². The maximum absolute atomic E-state index is 12.9. The molecule has 162 valence electrons. The molecule has 7 N–H and O–H groups in total. The van der Waals surface area contributed by atoms with Crippen LogP contribution in [0, 0.1) is 5.92 Å². The van der Waals surface area contributed by atoms with E-state index in [1.807, 2.05) is 0 Å².